The molecule has 2 aromatic rings. The largest absolute Gasteiger partial charge is 0.303 e. The quantitative estimate of drug-likeness (QED) is 0.844. The van der Waals surface area contributed by atoms with Gasteiger partial charge >= 0.3 is 0 Å². The molecule has 0 saturated carbocycles. The van der Waals surface area contributed by atoms with E-state index in [9.17, 15) is 0 Å². The van der Waals surface area contributed by atoms with Crippen molar-refractivity contribution in [2.45, 2.75) is 46.1 Å². The summed E-state index contributed by atoms with van der Waals surface area (Å²) in [4.78, 5) is 4.67. The van der Waals surface area contributed by atoms with E-state index in [1.54, 1.807) is 0 Å². The van der Waals surface area contributed by atoms with Crippen molar-refractivity contribution in [1.82, 2.24) is 29.4 Å². The lowest BCUT2D eigenvalue weighted by molar-refractivity contribution is 0.263. The minimum Gasteiger partial charge on any atom is -0.303 e. The number of hydrogen-bond acceptors (Lipinski definition) is 4. The molecule has 0 bridgehead atoms. The zero-order chi connectivity index (χ0) is 15.9. The van der Waals surface area contributed by atoms with Crippen LogP contribution in [0.3, 0.4) is 0 Å². The van der Waals surface area contributed by atoms with Gasteiger partial charge in [0, 0.05) is 56.6 Å². The van der Waals surface area contributed by atoms with E-state index in [0.717, 1.165) is 26.2 Å². The van der Waals surface area contributed by atoms with Crippen LogP contribution in [0.5, 0.6) is 0 Å². The summed E-state index contributed by atoms with van der Waals surface area (Å²) in [5.74, 6) is 0. The van der Waals surface area contributed by atoms with E-state index in [-0.39, 0.29) is 0 Å². The molecule has 0 N–H and O–H groups in total. The summed E-state index contributed by atoms with van der Waals surface area (Å²) in [6.45, 7) is 8.22. The SMILES string of the molecule is CC(C)n1nc(CN(C)C)c2c1CN(Cc1cnn(C)c1)C2. The van der Waals surface area contributed by atoms with Crippen LogP contribution in [0.1, 0.15) is 42.4 Å². The Morgan fingerprint density at radius 2 is 2.05 bits per heavy atom. The van der Waals surface area contributed by atoms with Crippen molar-refractivity contribution in [2.75, 3.05) is 14.1 Å². The standard InChI is InChI=1S/C16H26N6/c1-12(2)22-16-11-21(8-13-6-17-20(5)7-13)9-14(16)15(18-22)10-19(3)4/h6-7,12H,8-11H2,1-5H3. The van der Waals surface area contributed by atoms with Crippen molar-refractivity contribution in [3.05, 3.63) is 34.9 Å². The Morgan fingerprint density at radius 3 is 2.64 bits per heavy atom. The van der Waals surface area contributed by atoms with Gasteiger partial charge in [0.05, 0.1) is 17.6 Å². The molecule has 0 amide bonds. The van der Waals surface area contributed by atoms with Crippen molar-refractivity contribution in [1.29, 1.82) is 0 Å². The minimum absolute atomic E-state index is 0.406. The molecule has 0 spiro atoms. The lowest BCUT2D eigenvalue weighted by Gasteiger charge is -2.16. The number of rotatable bonds is 5. The normalized spacial score (nSPS) is 15.2. The molecule has 6 nitrogen and oxygen atoms in total. The van der Waals surface area contributed by atoms with E-state index in [0.29, 0.717) is 6.04 Å². The zero-order valence-electron chi connectivity index (χ0n) is 14.2. The molecule has 120 valence electrons. The Balaban J connectivity index is 1.81. The molecule has 3 rings (SSSR count). The number of hydrogen-bond donors (Lipinski definition) is 0. The maximum Gasteiger partial charge on any atom is 0.0813 e. The highest BCUT2D eigenvalue weighted by Crippen LogP contribution is 2.29. The van der Waals surface area contributed by atoms with Crippen LogP contribution >= 0.6 is 0 Å². The number of aromatic nitrogens is 4. The Morgan fingerprint density at radius 1 is 1.27 bits per heavy atom. The van der Waals surface area contributed by atoms with Crippen molar-refractivity contribution in [3.8, 4) is 0 Å². The van der Waals surface area contributed by atoms with E-state index in [4.69, 9.17) is 5.10 Å². The molecule has 2 aromatic heterocycles. The Hall–Kier alpha value is -1.66. The maximum absolute atomic E-state index is 4.85. The molecule has 1 aliphatic heterocycles. The first kappa shape index (κ1) is 15.2. The summed E-state index contributed by atoms with van der Waals surface area (Å²) in [5.41, 5.74) is 5.30. The number of nitrogens with zero attached hydrogens (tertiary/aromatic N) is 6. The monoisotopic (exact) mass is 302 g/mol. The van der Waals surface area contributed by atoms with E-state index < -0.39 is 0 Å². The number of aryl methyl sites for hydroxylation is 1. The predicted octanol–water partition coefficient (Wildman–Crippen LogP) is 1.77. The summed E-state index contributed by atoms with van der Waals surface area (Å²) < 4.78 is 4.07. The topological polar surface area (TPSA) is 42.1 Å². The summed E-state index contributed by atoms with van der Waals surface area (Å²) in [7, 11) is 6.17. The lowest BCUT2D eigenvalue weighted by atomic mass is 10.2. The van der Waals surface area contributed by atoms with Gasteiger partial charge in [0.25, 0.3) is 0 Å². The third kappa shape index (κ3) is 2.94. The predicted molar refractivity (Wildman–Crippen MR) is 86.2 cm³/mol. The van der Waals surface area contributed by atoms with Gasteiger partial charge < -0.3 is 4.90 Å². The first-order valence-corrected chi connectivity index (χ1v) is 7.87. The summed E-state index contributed by atoms with van der Waals surface area (Å²) in [5, 5.41) is 9.11. The highest BCUT2D eigenvalue weighted by Gasteiger charge is 2.28. The van der Waals surface area contributed by atoms with Gasteiger partial charge in [-0.05, 0) is 27.9 Å². The second-order valence-corrected chi connectivity index (χ2v) is 6.82. The zero-order valence-corrected chi connectivity index (χ0v) is 14.2. The van der Waals surface area contributed by atoms with Crippen LogP contribution in [-0.4, -0.2) is 43.5 Å². The second-order valence-electron chi connectivity index (χ2n) is 6.82. The molecule has 0 unspecified atom stereocenters. The summed E-state index contributed by atoms with van der Waals surface area (Å²) in [6.07, 6.45) is 4.05. The minimum atomic E-state index is 0.406. The Kier molecular flexibility index (Phi) is 4.06. The van der Waals surface area contributed by atoms with Crippen LogP contribution < -0.4 is 0 Å². The molecule has 6 heteroatoms. The Labute approximate surface area is 132 Å². The fraction of sp³-hybridized carbons (Fsp3) is 0.625. The fourth-order valence-corrected chi connectivity index (χ4v) is 3.17. The third-order valence-electron chi connectivity index (χ3n) is 4.08. The molecule has 0 fully saturated rings. The first-order chi connectivity index (χ1) is 10.4. The van der Waals surface area contributed by atoms with Gasteiger partial charge in [-0.3, -0.25) is 14.3 Å². The molecular weight excluding hydrogens is 276 g/mol. The third-order valence-corrected chi connectivity index (χ3v) is 4.08. The van der Waals surface area contributed by atoms with Gasteiger partial charge in [-0.15, -0.1) is 0 Å². The summed E-state index contributed by atoms with van der Waals surface area (Å²) >= 11 is 0. The molecule has 22 heavy (non-hydrogen) atoms. The second kappa shape index (κ2) is 5.85. The maximum atomic E-state index is 4.85. The molecule has 0 aromatic carbocycles. The van der Waals surface area contributed by atoms with Gasteiger partial charge in [-0.2, -0.15) is 10.2 Å². The smallest absolute Gasteiger partial charge is 0.0813 e. The average molecular weight is 302 g/mol. The molecule has 0 aliphatic carbocycles. The van der Waals surface area contributed by atoms with Crippen molar-refractivity contribution < 1.29 is 0 Å². The molecule has 1 aliphatic rings. The fourth-order valence-electron chi connectivity index (χ4n) is 3.17. The van der Waals surface area contributed by atoms with Gasteiger partial charge in [0.15, 0.2) is 0 Å². The van der Waals surface area contributed by atoms with Gasteiger partial charge in [0.1, 0.15) is 0 Å². The van der Waals surface area contributed by atoms with Gasteiger partial charge in [-0.25, -0.2) is 0 Å². The van der Waals surface area contributed by atoms with Crippen molar-refractivity contribution in [3.63, 3.8) is 0 Å². The average Bonchev–Trinajstić information content (AvgIpc) is 3.07. The van der Waals surface area contributed by atoms with E-state index in [1.807, 2.05) is 17.9 Å². The molecule has 0 saturated heterocycles. The van der Waals surface area contributed by atoms with Crippen LogP contribution in [0.15, 0.2) is 12.4 Å². The van der Waals surface area contributed by atoms with E-state index in [2.05, 4.69) is 53.7 Å². The molecule has 0 atom stereocenters. The van der Waals surface area contributed by atoms with Crippen LogP contribution in [0, 0.1) is 0 Å². The molecule has 3 heterocycles. The van der Waals surface area contributed by atoms with Crippen LogP contribution in [0.4, 0.5) is 0 Å². The van der Waals surface area contributed by atoms with Crippen LogP contribution in [0.2, 0.25) is 0 Å². The van der Waals surface area contributed by atoms with Crippen LogP contribution in [-0.2, 0) is 33.2 Å². The highest BCUT2D eigenvalue weighted by atomic mass is 15.3. The first-order valence-electron chi connectivity index (χ1n) is 7.87. The summed E-state index contributed by atoms with van der Waals surface area (Å²) in [6, 6.07) is 0.406. The lowest BCUT2D eigenvalue weighted by Crippen LogP contribution is -2.20. The van der Waals surface area contributed by atoms with E-state index >= 15 is 0 Å². The van der Waals surface area contributed by atoms with Gasteiger partial charge in [-0.1, -0.05) is 0 Å². The van der Waals surface area contributed by atoms with Crippen LogP contribution in [0.25, 0.3) is 0 Å². The highest BCUT2D eigenvalue weighted by molar-refractivity contribution is 5.30. The molecular formula is C16H26N6. The van der Waals surface area contributed by atoms with Crippen molar-refractivity contribution >= 4 is 0 Å². The van der Waals surface area contributed by atoms with Gasteiger partial charge in [0.2, 0.25) is 0 Å². The number of fused-ring (bicyclic) bond motifs is 1. The van der Waals surface area contributed by atoms with Crippen molar-refractivity contribution in [2.24, 2.45) is 7.05 Å². The molecule has 0 radical (unpaired) electrons. The van der Waals surface area contributed by atoms with E-state index in [1.165, 1.54) is 22.5 Å². The Bertz CT molecular complexity index is 652.